The van der Waals surface area contributed by atoms with Crippen LogP contribution in [0.5, 0.6) is 0 Å². The molecule has 0 spiro atoms. The lowest BCUT2D eigenvalue weighted by Crippen LogP contribution is -2.52. The van der Waals surface area contributed by atoms with E-state index in [1.807, 2.05) is 25.1 Å². The summed E-state index contributed by atoms with van der Waals surface area (Å²) in [5.41, 5.74) is 0. The van der Waals surface area contributed by atoms with Gasteiger partial charge in [-0.3, -0.25) is 0 Å². The SMILES string of the molecule is CC1CNCCN1S(=O)(=O)c1ccc(Cl)c2ccccc12. The molecule has 0 aromatic heterocycles. The highest BCUT2D eigenvalue weighted by molar-refractivity contribution is 7.89. The molecule has 0 amide bonds. The highest BCUT2D eigenvalue weighted by atomic mass is 35.5. The van der Waals surface area contributed by atoms with E-state index < -0.39 is 10.0 Å². The number of halogens is 1. The zero-order valence-corrected chi connectivity index (χ0v) is 13.3. The summed E-state index contributed by atoms with van der Waals surface area (Å²) in [6.45, 7) is 3.75. The zero-order chi connectivity index (χ0) is 15.0. The maximum atomic E-state index is 13.0. The van der Waals surface area contributed by atoms with Crippen molar-refractivity contribution in [1.82, 2.24) is 9.62 Å². The summed E-state index contributed by atoms with van der Waals surface area (Å²) in [6.07, 6.45) is 0. The van der Waals surface area contributed by atoms with Gasteiger partial charge in [-0.05, 0) is 19.1 Å². The Morgan fingerprint density at radius 2 is 1.90 bits per heavy atom. The van der Waals surface area contributed by atoms with Crippen LogP contribution in [0.3, 0.4) is 0 Å². The Morgan fingerprint density at radius 1 is 1.19 bits per heavy atom. The topological polar surface area (TPSA) is 49.4 Å². The minimum absolute atomic E-state index is 0.0572. The van der Waals surface area contributed by atoms with Crippen LogP contribution >= 0.6 is 11.6 Å². The smallest absolute Gasteiger partial charge is 0.244 e. The van der Waals surface area contributed by atoms with Crippen molar-refractivity contribution in [1.29, 1.82) is 0 Å². The van der Waals surface area contributed by atoms with Gasteiger partial charge in [-0.25, -0.2) is 8.42 Å². The monoisotopic (exact) mass is 324 g/mol. The maximum absolute atomic E-state index is 13.0. The Balaban J connectivity index is 2.17. The van der Waals surface area contributed by atoms with Crippen LogP contribution in [0.1, 0.15) is 6.92 Å². The average Bonchev–Trinajstić information content (AvgIpc) is 2.48. The van der Waals surface area contributed by atoms with Crippen LogP contribution in [0.2, 0.25) is 5.02 Å². The van der Waals surface area contributed by atoms with Crippen LogP contribution in [0.4, 0.5) is 0 Å². The number of piperazine rings is 1. The van der Waals surface area contributed by atoms with Crippen LogP contribution in [0, 0.1) is 0 Å². The number of hydrogen-bond donors (Lipinski definition) is 1. The van der Waals surface area contributed by atoms with Gasteiger partial charge < -0.3 is 5.32 Å². The van der Waals surface area contributed by atoms with Crippen LogP contribution < -0.4 is 5.32 Å². The van der Waals surface area contributed by atoms with Gasteiger partial charge in [0.1, 0.15) is 0 Å². The first-order chi connectivity index (χ1) is 10.0. The highest BCUT2D eigenvalue weighted by Gasteiger charge is 2.32. The van der Waals surface area contributed by atoms with Crippen molar-refractivity contribution in [2.75, 3.05) is 19.6 Å². The lowest BCUT2D eigenvalue weighted by Gasteiger charge is -2.33. The molecular formula is C15H17ClN2O2S. The van der Waals surface area contributed by atoms with E-state index in [1.54, 1.807) is 22.5 Å². The summed E-state index contributed by atoms with van der Waals surface area (Å²) in [5, 5.41) is 5.22. The molecule has 4 nitrogen and oxygen atoms in total. The standard InChI is InChI=1S/C15H17ClN2O2S/c1-11-10-17-8-9-18(11)21(19,20)15-7-6-14(16)12-4-2-3-5-13(12)15/h2-7,11,17H,8-10H2,1H3. The van der Waals surface area contributed by atoms with E-state index in [0.717, 1.165) is 5.39 Å². The number of rotatable bonds is 2. The van der Waals surface area contributed by atoms with Crippen LogP contribution in [-0.4, -0.2) is 38.4 Å². The Morgan fingerprint density at radius 3 is 2.62 bits per heavy atom. The van der Waals surface area contributed by atoms with Gasteiger partial charge in [0.2, 0.25) is 10.0 Å². The number of hydrogen-bond acceptors (Lipinski definition) is 3. The van der Waals surface area contributed by atoms with E-state index in [9.17, 15) is 8.42 Å². The lowest BCUT2D eigenvalue weighted by atomic mass is 10.1. The molecule has 1 unspecified atom stereocenters. The molecule has 1 aliphatic heterocycles. The Kier molecular flexibility index (Phi) is 3.92. The Labute approximate surface area is 129 Å². The number of sulfonamides is 1. The molecule has 3 rings (SSSR count). The zero-order valence-electron chi connectivity index (χ0n) is 11.7. The molecule has 6 heteroatoms. The summed E-state index contributed by atoms with van der Waals surface area (Å²) in [5.74, 6) is 0. The minimum Gasteiger partial charge on any atom is -0.314 e. The molecule has 1 N–H and O–H groups in total. The highest BCUT2D eigenvalue weighted by Crippen LogP contribution is 2.31. The van der Waals surface area contributed by atoms with Crippen molar-refractivity contribution in [2.45, 2.75) is 17.9 Å². The third kappa shape index (κ3) is 2.55. The maximum Gasteiger partial charge on any atom is 0.244 e. The molecular weight excluding hydrogens is 308 g/mol. The summed E-state index contributed by atoms with van der Waals surface area (Å²) < 4.78 is 27.5. The summed E-state index contributed by atoms with van der Waals surface area (Å²) >= 11 is 6.18. The molecule has 0 radical (unpaired) electrons. The van der Waals surface area contributed by atoms with Crippen molar-refractivity contribution >= 4 is 32.4 Å². The van der Waals surface area contributed by atoms with Crippen molar-refractivity contribution < 1.29 is 8.42 Å². The third-order valence-corrected chi connectivity index (χ3v) is 6.26. The van der Waals surface area contributed by atoms with Gasteiger partial charge in [0.05, 0.1) is 4.90 Å². The fraction of sp³-hybridized carbons (Fsp3) is 0.333. The van der Waals surface area contributed by atoms with E-state index in [4.69, 9.17) is 11.6 Å². The molecule has 1 atom stereocenters. The van der Waals surface area contributed by atoms with Gasteiger partial charge in [0.25, 0.3) is 0 Å². The molecule has 0 aliphatic carbocycles. The van der Waals surface area contributed by atoms with Crippen LogP contribution in [-0.2, 0) is 10.0 Å². The van der Waals surface area contributed by atoms with Gasteiger partial charge in [-0.15, -0.1) is 0 Å². The first-order valence-corrected chi connectivity index (χ1v) is 8.73. The van der Waals surface area contributed by atoms with E-state index >= 15 is 0 Å². The predicted octanol–water partition coefficient (Wildman–Crippen LogP) is 2.48. The van der Waals surface area contributed by atoms with Crippen molar-refractivity contribution in [3.8, 4) is 0 Å². The number of nitrogens with one attached hydrogen (secondary N) is 1. The summed E-state index contributed by atoms with van der Waals surface area (Å²) in [7, 11) is -3.52. The summed E-state index contributed by atoms with van der Waals surface area (Å²) in [6, 6.07) is 10.5. The molecule has 1 heterocycles. The van der Waals surface area contributed by atoms with Gasteiger partial charge >= 0.3 is 0 Å². The Bertz CT molecular complexity index is 776. The van der Waals surface area contributed by atoms with Crippen molar-refractivity contribution in [2.24, 2.45) is 0 Å². The molecule has 1 fully saturated rings. The largest absolute Gasteiger partial charge is 0.314 e. The Hall–Kier alpha value is -1.14. The van der Waals surface area contributed by atoms with Crippen molar-refractivity contribution in [3.05, 3.63) is 41.4 Å². The number of nitrogens with zero attached hydrogens (tertiary/aromatic N) is 1. The number of benzene rings is 2. The second-order valence-electron chi connectivity index (χ2n) is 5.26. The molecule has 2 aromatic carbocycles. The molecule has 1 saturated heterocycles. The second-order valence-corrected chi connectivity index (χ2v) is 7.53. The van der Waals surface area contributed by atoms with Crippen LogP contribution in [0.15, 0.2) is 41.3 Å². The molecule has 112 valence electrons. The molecule has 0 bridgehead atoms. The minimum atomic E-state index is -3.52. The molecule has 1 aliphatic rings. The van der Waals surface area contributed by atoms with Crippen LogP contribution in [0.25, 0.3) is 10.8 Å². The predicted molar refractivity (Wildman–Crippen MR) is 85.2 cm³/mol. The van der Waals surface area contributed by atoms with E-state index in [-0.39, 0.29) is 6.04 Å². The quantitative estimate of drug-likeness (QED) is 0.923. The summed E-state index contributed by atoms with van der Waals surface area (Å²) in [4.78, 5) is 0.330. The van der Waals surface area contributed by atoms with Gasteiger partial charge in [-0.2, -0.15) is 4.31 Å². The van der Waals surface area contributed by atoms with Gasteiger partial charge in [-0.1, -0.05) is 35.9 Å². The second kappa shape index (κ2) is 5.57. The van der Waals surface area contributed by atoms with E-state index in [1.165, 1.54) is 0 Å². The molecule has 21 heavy (non-hydrogen) atoms. The molecule has 0 saturated carbocycles. The number of fused-ring (bicyclic) bond motifs is 1. The normalized spacial score (nSPS) is 20.8. The fourth-order valence-electron chi connectivity index (χ4n) is 2.77. The van der Waals surface area contributed by atoms with E-state index in [0.29, 0.717) is 34.9 Å². The van der Waals surface area contributed by atoms with E-state index in [2.05, 4.69) is 5.32 Å². The lowest BCUT2D eigenvalue weighted by molar-refractivity contribution is 0.284. The van der Waals surface area contributed by atoms with Gasteiger partial charge in [0.15, 0.2) is 0 Å². The molecule has 2 aromatic rings. The van der Waals surface area contributed by atoms with Gasteiger partial charge in [0, 0.05) is 41.5 Å². The average molecular weight is 325 g/mol. The first-order valence-electron chi connectivity index (χ1n) is 6.91. The fourth-order valence-corrected chi connectivity index (χ4v) is 4.82. The first kappa shape index (κ1) is 14.8. The van der Waals surface area contributed by atoms with Crippen molar-refractivity contribution in [3.63, 3.8) is 0 Å². The third-order valence-electron chi connectivity index (χ3n) is 3.86.